The average Bonchev–Trinajstić information content (AvgIpc) is 4.24. The summed E-state index contributed by atoms with van der Waals surface area (Å²) in [6.07, 6.45) is 0.895. The molecule has 8 aromatic rings. The van der Waals surface area contributed by atoms with Crippen molar-refractivity contribution in [2.24, 2.45) is 14.1 Å². The maximum atomic E-state index is 13.6. The van der Waals surface area contributed by atoms with E-state index in [-0.39, 0.29) is 50.3 Å². The van der Waals surface area contributed by atoms with Gasteiger partial charge in [0, 0.05) is 63.0 Å². The minimum absolute atomic E-state index is 0.0304. The number of alkyl halides is 6. The lowest BCUT2D eigenvalue weighted by molar-refractivity contribution is -0.138. The van der Waals surface area contributed by atoms with Crippen LogP contribution in [0.2, 0.25) is 5.02 Å². The molecule has 4 bridgehead atoms. The largest absolute Gasteiger partial charge is 0.417 e. The second kappa shape index (κ2) is 17.5. The lowest BCUT2D eigenvalue weighted by Crippen LogP contribution is -2.47. The molecule has 4 aromatic carbocycles. The maximum Gasteiger partial charge on any atom is 0.417 e. The van der Waals surface area contributed by atoms with Gasteiger partial charge in [-0.3, -0.25) is 0 Å². The van der Waals surface area contributed by atoms with Crippen LogP contribution in [0.15, 0.2) is 106 Å². The van der Waals surface area contributed by atoms with E-state index < -0.39 is 23.5 Å². The van der Waals surface area contributed by atoms with Gasteiger partial charge in [0.05, 0.1) is 11.1 Å². The van der Waals surface area contributed by atoms with Gasteiger partial charge in [-0.2, -0.15) is 36.3 Å². The Morgan fingerprint density at radius 1 is 0.472 bits per heavy atom. The van der Waals surface area contributed by atoms with Crippen molar-refractivity contribution in [3.63, 3.8) is 0 Å². The van der Waals surface area contributed by atoms with E-state index in [1.165, 1.54) is 36.4 Å². The van der Waals surface area contributed by atoms with E-state index in [0.29, 0.717) is 34.0 Å². The Labute approximate surface area is 413 Å². The van der Waals surface area contributed by atoms with Gasteiger partial charge in [0.2, 0.25) is 23.4 Å². The molecule has 4 heterocycles. The number of hydrogen-bond donors (Lipinski definition) is 0. The third-order valence-electron chi connectivity index (χ3n) is 16.1. The van der Waals surface area contributed by atoms with Crippen molar-refractivity contribution >= 4 is 11.6 Å². The van der Waals surface area contributed by atoms with Gasteiger partial charge in [-0.1, -0.05) is 58.3 Å². The van der Waals surface area contributed by atoms with Crippen LogP contribution in [-0.2, 0) is 48.1 Å². The normalized spacial score (nSPS) is 23.8. The Morgan fingerprint density at radius 3 is 1.19 bits per heavy atom. The van der Waals surface area contributed by atoms with E-state index in [2.05, 4.69) is 35.7 Å². The van der Waals surface area contributed by atoms with E-state index in [1.54, 1.807) is 59.6 Å². The molecule has 0 aliphatic heterocycles. The summed E-state index contributed by atoms with van der Waals surface area (Å²) in [7, 11) is 3.51. The number of halogens is 8. The maximum absolute atomic E-state index is 13.6. The molecule has 6 aliphatic carbocycles. The van der Waals surface area contributed by atoms with Gasteiger partial charge < -0.3 is 18.2 Å². The number of hydrogen-bond acceptors (Lipinski definition) is 10. The van der Waals surface area contributed by atoms with Gasteiger partial charge in [0.1, 0.15) is 17.5 Å². The fraction of sp³-hybridized carbons (Fsp3) is 0.385. The highest BCUT2D eigenvalue weighted by atomic mass is 35.5. The zero-order valence-electron chi connectivity index (χ0n) is 39.0. The second-order valence-electron chi connectivity index (χ2n) is 19.9. The Morgan fingerprint density at radius 2 is 0.819 bits per heavy atom. The molecule has 4 aromatic heterocycles. The van der Waals surface area contributed by atoms with Crippen molar-refractivity contribution in [1.29, 1.82) is 0 Å². The first-order chi connectivity index (χ1) is 34.4. The highest BCUT2D eigenvalue weighted by Crippen LogP contribution is 2.60. The lowest BCUT2D eigenvalue weighted by Gasteiger charge is -2.51. The zero-order chi connectivity index (χ0) is 50.3. The number of benzene rings is 4. The number of rotatable bonds is 8. The Bertz CT molecular complexity index is 3020. The summed E-state index contributed by atoms with van der Waals surface area (Å²) in [5, 5.41) is 26.3. The molecule has 0 amide bonds. The zero-order valence-corrected chi connectivity index (χ0v) is 39.8. The Balaban J connectivity index is 0.000000156. The molecule has 6 fully saturated rings. The molecule has 14 rings (SSSR count). The highest BCUT2D eigenvalue weighted by Gasteiger charge is 2.56. The molecule has 0 radical (unpaired) electrons. The van der Waals surface area contributed by atoms with Gasteiger partial charge in [-0.05, 0) is 138 Å². The predicted molar refractivity (Wildman–Crippen MR) is 249 cm³/mol. The monoisotopic (exact) mass is 1010 g/mol. The van der Waals surface area contributed by atoms with Crippen LogP contribution in [0.4, 0.5) is 30.7 Å². The molecule has 6 aliphatic rings. The van der Waals surface area contributed by atoms with Crippen LogP contribution < -0.4 is 0 Å². The molecule has 20 heteroatoms. The summed E-state index contributed by atoms with van der Waals surface area (Å²) in [6.45, 7) is 0. The summed E-state index contributed by atoms with van der Waals surface area (Å²) in [5.41, 5.74) is -0.726. The van der Waals surface area contributed by atoms with Gasteiger partial charge >= 0.3 is 12.4 Å². The lowest BCUT2D eigenvalue weighted by atomic mass is 9.53. The first-order valence-corrected chi connectivity index (χ1v) is 24.1. The van der Waals surface area contributed by atoms with Crippen LogP contribution in [0, 0.1) is 5.82 Å². The summed E-state index contributed by atoms with van der Waals surface area (Å²) >= 11 is 5.99. The summed E-state index contributed by atoms with van der Waals surface area (Å²) in [4.78, 5) is 9.38. The van der Waals surface area contributed by atoms with Crippen molar-refractivity contribution < 1.29 is 39.8 Å². The minimum Gasteiger partial charge on any atom is -0.338 e. The van der Waals surface area contributed by atoms with E-state index in [1.807, 2.05) is 12.1 Å². The van der Waals surface area contributed by atoms with Crippen molar-refractivity contribution in [2.75, 3.05) is 0 Å². The number of aromatic nitrogens is 10. The minimum atomic E-state index is -4.48. The summed E-state index contributed by atoms with van der Waals surface area (Å²) < 4.78 is 110. The molecule has 72 heavy (non-hydrogen) atoms. The van der Waals surface area contributed by atoms with Gasteiger partial charge in [-0.25, -0.2) is 4.39 Å². The molecule has 372 valence electrons. The summed E-state index contributed by atoms with van der Waals surface area (Å²) in [6, 6.07) is 24.3. The molecule has 0 saturated heterocycles. The molecular weight excluding hydrogens is 965 g/mol. The van der Waals surface area contributed by atoms with Gasteiger partial charge in [0.25, 0.3) is 0 Å². The Hall–Kier alpha value is -6.76. The molecule has 0 N–H and O–H groups in total. The van der Waals surface area contributed by atoms with E-state index >= 15 is 0 Å². The smallest absolute Gasteiger partial charge is 0.338 e. The van der Waals surface area contributed by atoms with E-state index in [4.69, 9.17) is 25.6 Å². The van der Waals surface area contributed by atoms with E-state index in [9.17, 15) is 30.7 Å². The fourth-order valence-electron chi connectivity index (χ4n) is 11.9. The van der Waals surface area contributed by atoms with E-state index in [0.717, 1.165) is 106 Å². The predicted octanol–water partition coefficient (Wildman–Crippen LogP) is 13.0. The molecule has 0 spiro atoms. The fourth-order valence-corrected chi connectivity index (χ4v) is 12.0. The highest BCUT2D eigenvalue weighted by molar-refractivity contribution is 6.30. The molecule has 0 unspecified atom stereocenters. The van der Waals surface area contributed by atoms with Crippen LogP contribution in [0.3, 0.4) is 0 Å². The molecule has 0 atom stereocenters. The van der Waals surface area contributed by atoms with Crippen molar-refractivity contribution in [1.82, 2.24) is 49.8 Å². The van der Waals surface area contributed by atoms with Crippen molar-refractivity contribution in [3.8, 4) is 45.6 Å². The van der Waals surface area contributed by atoms with Crippen molar-refractivity contribution in [2.45, 2.75) is 111 Å². The SMILES string of the molecule is Cn1c(-c2ccccc2C(F)(F)F)nnc1C12CCC(c3nc(-c4ccc(Cl)cc4)no3)(CC1)CC2.Cn1c(-c2ccccc2C(F)(F)F)nnc1C12CCC(c3nc(-c4ccc(F)cc4)no3)(CC1)CC2. The van der Waals surface area contributed by atoms with Crippen LogP contribution in [-0.4, -0.2) is 49.8 Å². The third kappa shape index (κ3) is 8.16. The topological polar surface area (TPSA) is 139 Å². The van der Waals surface area contributed by atoms with Gasteiger partial charge in [0.15, 0.2) is 11.6 Å². The van der Waals surface area contributed by atoms with Crippen LogP contribution >= 0.6 is 11.6 Å². The average molecular weight is 1010 g/mol. The first-order valence-electron chi connectivity index (χ1n) is 23.8. The van der Waals surface area contributed by atoms with Gasteiger partial charge in [-0.15, -0.1) is 20.4 Å². The molecule has 6 saturated carbocycles. The second-order valence-corrected chi connectivity index (χ2v) is 20.3. The van der Waals surface area contributed by atoms with Crippen molar-refractivity contribution in [3.05, 3.63) is 142 Å². The number of fused-ring (bicyclic) bond motifs is 6. The quantitative estimate of drug-likeness (QED) is 0.135. The van der Waals surface area contributed by atoms with Crippen LogP contribution in [0.1, 0.15) is 112 Å². The van der Waals surface area contributed by atoms with Crippen LogP contribution in [0.5, 0.6) is 0 Å². The number of nitrogens with zero attached hydrogens (tertiary/aromatic N) is 10. The third-order valence-corrected chi connectivity index (χ3v) is 16.4. The summed E-state index contributed by atoms with van der Waals surface area (Å²) in [5.74, 6) is 3.81. The standard InChI is InChI=1S/C26H23ClF3N5O.C26H23F4N5O/c2*1-35-21(18-4-2-3-5-19(18)26(28,29)30)32-33-22(35)24-10-13-25(14-11-24,15-12-24)23-31-20(34-36-23)16-6-8-17(27)9-7-16/h2*2-9H,10-15H2,1H3. The molecular formula is C52H46ClF7N10O2. The van der Waals surface area contributed by atoms with Crippen LogP contribution in [0.25, 0.3) is 45.6 Å². The first kappa shape index (κ1) is 47.6. The Kier molecular flexibility index (Phi) is 11.5. The molecule has 12 nitrogen and oxygen atoms in total.